The van der Waals surface area contributed by atoms with Crippen LogP contribution >= 0.6 is 11.3 Å². The molecule has 1 aliphatic carbocycles. The Morgan fingerprint density at radius 1 is 1.19 bits per heavy atom. The van der Waals surface area contributed by atoms with Gasteiger partial charge in [-0.25, -0.2) is 9.37 Å². The lowest BCUT2D eigenvalue weighted by molar-refractivity contribution is 0.466. The van der Waals surface area contributed by atoms with Crippen molar-refractivity contribution in [1.29, 1.82) is 0 Å². The zero-order valence-corrected chi connectivity index (χ0v) is 18.6. The smallest absolute Gasteiger partial charge is 0.262 e. The Kier molecular flexibility index (Phi) is 6.10. The van der Waals surface area contributed by atoms with Crippen molar-refractivity contribution in [3.05, 3.63) is 92.9 Å². The van der Waals surface area contributed by atoms with Crippen LogP contribution in [0.4, 0.5) is 4.39 Å². The molecule has 3 heterocycles. The molecule has 32 heavy (non-hydrogen) atoms. The van der Waals surface area contributed by atoms with Gasteiger partial charge in [0.15, 0.2) is 0 Å². The SMILES string of the molecule is O=c1c2c3c(sc2ncn1CCc1cccc(F)c1)CC(NCCc1cccnc1)CC3. The van der Waals surface area contributed by atoms with Crippen LogP contribution in [0, 0.1) is 5.82 Å². The lowest BCUT2D eigenvalue weighted by Crippen LogP contribution is -2.35. The van der Waals surface area contributed by atoms with Crippen LogP contribution in [0.2, 0.25) is 0 Å². The minimum absolute atomic E-state index is 0.0203. The van der Waals surface area contributed by atoms with E-state index in [2.05, 4.69) is 21.4 Å². The summed E-state index contributed by atoms with van der Waals surface area (Å²) >= 11 is 1.65. The van der Waals surface area contributed by atoms with Crippen molar-refractivity contribution >= 4 is 21.6 Å². The van der Waals surface area contributed by atoms with Crippen molar-refractivity contribution in [2.45, 2.75) is 44.7 Å². The molecule has 1 atom stereocenters. The van der Waals surface area contributed by atoms with Gasteiger partial charge in [-0.3, -0.25) is 14.3 Å². The summed E-state index contributed by atoms with van der Waals surface area (Å²) in [5.74, 6) is -0.251. The molecule has 1 aromatic carbocycles. The molecule has 0 spiro atoms. The van der Waals surface area contributed by atoms with Gasteiger partial charge >= 0.3 is 0 Å². The second-order valence-corrected chi connectivity index (χ2v) is 9.40. The van der Waals surface area contributed by atoms with Crippen molar-refractivity contribution in [2.24, 2.45) is 0 Å². The highest BCUT2D eigenvalue weighted by molar-refractivity contribution is 7.18. The fourth-order valence-corrected chi connectivity index (χ4v) is 5.70. The number of halogens is 1. The highest BCUT2D eigenvalue weighted by atomic mass is 32.1. The zero-order valence-electron chi connectivity index (χ0n) is 17.8. The van der Waals surface area contributed by atoms with Crippen molar-refractivity contribution in [1.82, 2.24) is 19.9 Å². The first-order valence-corrected chi connectivity index (χ1v) is 11.9. The number of rotatable bonds is 7. The summed E-state index contributed by atoms with van der Waals surface area (Å²) in [6.07, 6.45) is 9.75. The molecule has 1 unspecified atom stereocenters. The highest BCUT2D eigenvalue weighted by Crippen LogP contribution is 2.33. The minimum Gasteiger partial charge on any atom is -0.313 e. The maximum atomic E-state index is 13.4. The third-order valence-corrected chi connectivity index (χ3v) is 7.30. The van der Waals surface area contributed by atoms with Crippen LogP contribution in [0.15, 0.2) is 59.9 Å². The molecule has 1 N–H and O–H groups in total. The summed E-state index contributed by atoms with van der Waals surface area (Å²) in [6.45, 7) is 1.41. The van der Waals surface area contributed by atoms with Crippen molar-refractivity contribution in [2.75, 3.05) is 6.54 Å². The Labute approximate surface area is 190 Å². The average molecular weight is 449 g/mol. The molecule has 5 rings (SSSR count). The lowest BCUT2D eigenvalue weighted by Gasteiger charge is -2.23. The molecular weight excluding hydrogens is 423 g/mol. The molecular formula is C25H25FN4OS. The van der Waals surface area contributed by atoms with Gasteiger partial charge in [-0.1, -0.05) is 18.2 Å². The molecule has 0 fully saturated rings. The van der Waals surface area contributed by atoms with E-state index < -0.39 is 0 Å². The van der Waals surface area contributed by atoms with Gasteiger partial charge in [-0.2, -0.15) is 0 Å². The number of thiophene rings is 1. The summed E-state index contributed by atoms with van der Waals surface area (Å²) in [4.78, 5) is 24.1. The van der Waals surface area contributed by atoms with E-state index in [9.17, 15) is 9.18 Å². The third-order valence-electron chi connectivity index (χ3n) is 6.14. The van der Waals surface area contributed by atoms with Crippen LogP contribution in [0.5, 0.6) is 0 Å². The standard InChI is InChI=1S/C25H25FN4OS/c26-19-5-1-3-17(13-19)9-12-30-16-29-24-23(25(30)31)21-7-6-20(14-22(21)32-24)28-11-8-18-4-2-10-27-15-18/h1-5,10,13,15-16,20,28H,6-9,11-12,14H2. The summed E-state index contributed by atoms with van der Waals surface area (Å²) in [7, 11) is 0. The third kappa shape index (κ3) is 4.49. The Hall–Kier alpha value is -2.90. The van der Waals surface area contributed by atoms with Gasteiger partial charge in [0, 0.05) is 29.9 Å². The number of pyridine rings is 1. The van der Waals surface area contributed by atoms with Crippen LogP contribution < -0.4 is 10.9 Å². The largest absolute Gasteiger partial charge is 0.313 e. The summed E-state index contributed by atoms with van der Waals surface area (Å²) in [5.41, 5.74) is 3.31. The first kappa shape index (κ1) is 21.0. The fourth-order valence-electron chi connectivity index (χ4n) is 4.44. The van der Waals surface area contributed by atoms with E-state index in [-0.39, 0.29) is 11.4 Å². The van der Waals surface area contributed by atoms with Crippen LogP contribution in [0.3, 0.4) is 0 Å². The van der Waals surface area contributed by atoms with Gasteiger partial charge in [0.1, 0.15) is 10.6 Å². The molecule has 0 radical (unpaired) electrons. The lowest BCUT2D eigenvalue weighted by atomic mass is 9.93. The number of aryl methyl sites for hydroxylation is 3. The van der Waals surface area contributed by atoms with Crippen molar-refractivity contribution in [3.8, 4) is 0 Å². The van der Waals surface area contributed by atoms with E-state index in [0.29, 0.717) is 19.0 Å². The Balaban J connectivity index is 1.28. The van der Waals surface area contributed by atoms with Gasteiger partial charge in [0.2, 0.25) is 0 Å². The van der Waals surface area contributed by atoms with Gasteiger partial charge < -0.3 is 5.32 Å². The highest BCUT2D eigenvalue weighted by Gasteiger charge is 2.25. The average Bonchev–Trinajstić information content (AvgIpc) is 3.18. The van der Waals surface area contributed by atoms with E-state index in [0.717, 1.165) is 48.0 Å². The molecule has 0 saturated carbocycles. The van der Waals surface area contributed by atoms with Gasteiger partial charge in [0.25, 0.3) is 5.56 Å². The number of hydrogen-bond donors (Lipinski definition) is 1. The summed E-state index contributed by atoms with van der Waals surface area (Å²) in [5, 5.41) is 4.45. The quantitative estimate of drug-likeness (QED) is 0.466. The molecule has 3 aromatic heterocycles. The molecule has 5 nitrogen and oxygen atoms in total. The maximum absolute atomic E-state index is 13.4. The molecule has 7 heteroatoms. The van der Waals surface area contributed by atoms with Crippen molar-refractivity contribution < 1.29 is 4.39 Å². The van der Waals surface area contributed by atoms with Crippen LogP contribution in [0.25, 0.3) is 10.2 Å². The van der Waals surface area contributed by atoms with Gasteiger partial charge in [-0.05, 0) is 73.5 Å². The van der Waals surface area contributed by atoms with E-state index in [1.165, 1.54) is 28.1 Å². The molecule has 4 aromatic rings. The maximum Gasteiger partial charge on any atom is 0.262 e. The zero-order chi connectivity index (χ0) is 21.9. The number of benzene rings is 1. The van der Waals surface area contributed by atoms with E-state index >= 15 is 0 Å². The number of nitrogens with zero attached hydrogens (tertiary/aromatic N) is 3. The number of fused-ring (bicyclic) bond motifs is 3. The first-order valence-electron chi connectivity index (χ1n) is 11.0. The number of hydrogen-bond acceptors (Lipinski definition) is 5. The Morgan fingerprint density at radius 2 is 2.09 bits per heavy atom. The second kappa shape index (κ2) is 9.30. The topological polar surface area (TPSA) is 59.8 Å². The van der Waals surface area contributed by atoms with Crippen LogP contribution in [0.1, 0.15) is 28.0 Å². The fraction of sp³-hybridized carbons (Fsp3) is 0.320. The molecule has 0 bridgehead atoms. The van der Waals surface area contributed by atoms with Crippen LogP contribution in [-0.4, -0.2) is 27.1 Å². The Morgan fingerprint density at radius 3 is 2.94 bits per heavy atom. The van der Waals surface area contributed by atoms with E-state index in [1.807, 2.05) is 18.3 Å². The van der Waals surface area contributed by atoms with E-state index in [4.69, 9.17) is 0 Å². The number of aromatic nitrogens is 3. The molecule has 0 aliphatic heterocycles. The predicted octanol–water partition coefficient (Wildman–Crippen LogP) is 3.92. The first-order chi connectivity index (χ1) is 15.7. The van der Waals surface area contributed by atoms with Crippen LogP contribution in [-0.2, 0) is 32.2 Å². The molecule has 164 valence electrons. The normalized spacial score (nSPS) is 15.7. The molecule has 1 aliphatic rings. The summed E-state index contributed by atoms with van der Waals surface area (Å²) < 4.78 is 15.1. The van der Waals surface area contributed by atoms with Gasteiger partial charge in [0.05, 0.1) is 11.7 Å². The molecule has 0 saturated heterocycles. The Bertz CT molecular complexity index is 1280. The second-order valence-electron chi connectivity index (χ2n) is 8.31. The van der Waals surface area contributed by atoms with Gasteiger partial charge in [-0.15, -0.1) is 11.3 Å². The predicted molar refractivity (Wildman–Crippen MR) is 126 cm³/mol. The minimum atomic E-state index is -0.251. The van der Waals surface area contributed by atoms with Crippen molar-refractivity contribution in [3.63, 3.8) is 0 Å². The van der Waals surface area contributed by atoms with E-state index in [1.54, 1.807) is 34.5 Å². The summed E-state index contributed by atoms with van der Waals surface area (Å²) in [6, 6.07) is 11.0. The molecule has 0 amide bonds. The monoisotopic (exact) mass is 448 g/mol. The number of nitrogens with one attached hydrogen (secondary N) is 1.